The van der Waals surface area contributed by atoms with Crippen LogP contribution in [0, 0.1) is 28.9 Å². The lowest BCUT2D eigenvalue weighted by Crippen LogP contribution is -2.25. The molecule has 0 spiro atoms. The Hall–Kier alpha value is -2.74. The minimum absolute atomic E-state index is 0.326. The topological polar surface area (TPSA) is 50.1 Å². The highest BCUT2D eigenvalue weighted by Gasteiger charge is 2.29. The first-order valence-corrected chi connectivity index (χ1v) is 10.7. The fraction of sp³-hybridized carbons (Fsp3) is 0.440. The molecule has 2 aromatic carbocycles. The number of nitriles is 1. The molecule has 3 rings (SSSR count). The first-order valence-electron chi connectivity index (χ1n) is 10.7. The van der Waals surface area contributed by atoms with Gasteiger partial charge in [-0.25, -0.2) is 4.39 Å². The van der Waals surface area contributed by atoms with E-state index in [2.05, 4.69) is 31.2 Å². The summed E-state index contributed by atoms with van der Waals surface area (Å²) in [5.41, 5.74) is 2.24. The maximum atomic E-state index is 14.0. The molecule has 0 amide bonds. The number of rotatable bonds is 7. The molecule has 0 aromatic heterocycles. The summed E-state index contributed by atoms with van der Waals surface area (Å²) in [6.07, 6.45) is 7.83. The number of carbonyl (C=O) groups excluding carboxylic acids is 1. The third-order valence-corrected chi connectivity index (χ3v) is 5.96. The number of halogens is 2. The molecule has 3 nitrogen and oxygen atoms in total. The smallest absolute Gasteiger partial charge is 0.314 e. The summed E-state index contributed by atoms with van der Waals surface area (Å²) in [7, 11) is 0. The van der Waals surface area contributed by atoms with E-state index in [-0.39, 0.29) is 5.92 Å². The number of unbranched alkanes of at least 4 members (excludes halogenated alkanes) is 2. The van der Waals surface area contributed by atoms with Gasteiger partial charge in [0.05, 0.1) is 11.5 Å². The average Bonchev–Trinajstić information content (AvgIpc) is 2.78. The molecule has 5 heteroatoms. The largest absolute Gasteiger partial charge is 0.423 e. The van der Waals surface area contributed by atoms with E-state index in [9.17, 15) is 13.6 Å². The summed E-state index contributed by atoms with van der Waals surface area (Å²) < 4.78 is 32.8. The summed E-state index contributed by atoms with van der Waals surface area (Å²) in [6, 6.07) is 12.6. The van der Waals surface area contributed by atoms with Gasteiger partial charge in [-0.05, 0) is 67.7 Å². The molecular weight excluding hydrogens is 384 g/mol. The van der Waals surface area contributed by atoms with Crippen LogP contribution in [0.2, 0.25) is 0 Å². The van der Waals surface area contributed by atoms with E-state index in [1.165, 1.54) is 30.4 Å². The molecule has 0 aliphatic heterocycles. The first kappa shape index (κ1) is 22.0. The van der Waals surface area contributed by atoms with Gasteiger partial charge in [0.2, 0.25) is 5.82 Å². The first-order chi connectivity index (χ1) is 14.5. The van der Waals surface area contributed by atoms with Crippen molar-refractivity contribution in [1.29, 1.82) is 5.26 Å². The molecule has 1 saturated carbocycles. The second-order valence-corrected chi connectivity index (χ2v) is 8.02. The Kier molecular flexibility index (Phi) is 7.57. The van der Waals surface area contributed by atoms with Crippen LogP contribution in [0.1, 0.15) is 74.5 Å². The van der Waals surface area contributed by atoms with Crippen molar-refractivity contribution >= 4 is 5.97 Å². The predicted molar refractivity (Wildman–Crippen MR) is 111 cm³/mol. The van der Waals surface area contributed by atoms with Crippen LogP contribution in [0.4, 0.5) is 8.78 Å². The summed E-state index contributed by atoms with van der Waals surface area (Å²) in [4.78, 5) is 12.4. The Bertz CT molecular complexity index is 910. The van der Waals surface area contributed by atoms with Gasteiger partial charge in [0.1, 0.15) is 6.07 Å². The molecule has 0 unspecified atom stereocenters. The van der Waals surface area contributed by atoms with E-state index >= 15 is 0 Å². The van der Waals surface area contributed by atoms with Crippen LogP contribution < -0.4 is 4.74 Å². The van der Waals surface area contributed by atoms with Crippen molar-refractivity contribution in [3.05, 3.63) is 64.7 Å². The summed E-state index contributed by atoms with van der Waals surface area (Å²) in [6.45, 7) is 2.20. The fourth-order valence-corrected chi connectivity index (χ4v) is 4.09. The van der Waals surface area contributed by atoms with Crippen molar-refractivity contribution in [2.75, 3.05) is 0 Å². The van der Waals surface area contributed by atoms with E-state index in [1.807, 2.05) is 0 Å². The van der Waals surface area contributed by atoms with Crippen molar-refractivity contribution in [1.82, 2.24) is 0 Å². The van der Waals surface area contributed by atoms with Gasteiger partial charge in [-0.1, -0.05) is 44.0 Å². The van der Waals surface area contributed by atoms with Crippen LogP contribution in [0.15, 0.2) is 36.4 Å². The molecule has 1 aliphatic rings. The minimum atomic E-state index is -1.30. The van der Waals surface area contributed by atoms with Crippen LogP contribution in [-0.4, -0.2) is 5.97 Å². The molecule has 0 heterocycles. The molecule has 0 N–H and O–H groups in total. The normalized spacial score (nSPS) is 18.6. The fourth-order valence-electron chi connectivity index (χ4n) is 4.09. The standard InChI is InChI=1S/C25H27F2NO2/c1-2-3-4-5-17-6-8-18(9-7-17)19-10-12-20(13-11-19)25(29)30-22-15-14-21(16-28)23(26)24(22)27/h6-9,14-15,19-20H,2-5,10-13H2,1H3/t19-,20-. The number of carbonyl (C=O) groups is 1. The van der Waals surface area contributed by atoms with Crippen LogP contribution >= 0.6 is 0 Å². The number of hydrogen-bond donors (Lipinski definition) is 0. The quantitative estimate of drug-likeness (QED) is 0.299. The van der Waals surface area contributed by atoms with Gasteiger partial charge in [-0.2, -0.15) is 9.65 Å². The summed E-state index contributed by atoms with van der Waals surface area (Å²) in [5.74, 6) is -3.50. The Morgan fingerprint density at radius 2 is 1.73 bits per heavy atom. The number of hydrogen-bond acceptors (Lipinski definition) is 3. The number of aryl methyl sites for hydroxylation is 1. The van der Waals surface area contributed by atoms with E-state index in [4.69, 9.17) is 10.00 Å². The molecule has 0 radical (unpaired) electrons. The zero-order valence-electron chi connectivity index (χ0n) is 17.3. The zero-order valence-corrected chi connectivity index (χ0v) is 17.3. The molecule has 0 atom stereocenters. The van der Waals surface area contributed by atoms with Crippen molar-refractivity contribution in [3.63, 3.8) is 0 Å². The molecule has 1 aliphatic carbocycles. The van der Waals surface area contributed by atoms with Gasteiger partial charge in [0.25, 0.3) is 0 Å². The van der Waals surface area contributed by atoms with E-state index in [1.54, 1.807) is 6.07 Å². The van der Waals surface area contributed by atoms with Crippen LogP contribution in [-0.2, 0) is 11.2 Å². The lowest BCUT2D eigenvalue weighted by molar-refractivity contribution is -0.140. The minimum Gasteiger partial charge on any atom is -0.423 e. The Balaban J connectivity index is 1.53. The van der Waals surface area contributed by atoms with Gasteiger partial charge in [-0.15, -0.1) is 0 Å². The van der Waals surface area contributed by atoms with Crippen LogP contribution in [0.25, 0.3) is 0 Å². The number of esters is 1. The Labute approximate surface area is 176 Å². The molecular formula is C25H27F2NO2. The Morgan fingerprint density at radius 1 is 1.03 bits per heavy atom. The molecule has 0 saturated heterocycles. The molecule has 2 aromatic rings. The van der Waals surface area contributed by atoms with Gasteiger partial charge < -0.3 is 4.74 Å². The van der Waals surface area contributed by atoms with Gasteiger partial charge in [0, 0.05) is 0 Å². The highest BCUT2D eigenvalue weighted by atomic mass is 19.2. The molecule has 30 heavy (non-hydrogen) atoms. The zero-order chi connectivity index (χ0) is 21.5. The second-order valence-electron chi connectivity index (χ2n) is 8.02. The summed E-state index contributed by atoms with van der Waals surface area (Å²) in [5, 5.41) is 8.74. The van der Waals surface area contributed by atoms with E-state index in [0.29, 0.717) is 18.8 Å². The third kappa shape index (κ3) is 5.24. The number of ether oxygens (including phenoxy) is 1. The van der Waals surface area contributed by atoms with E-state index in [0.717, 1.165) is 31.4 Å². The SMILES string of the molecule is CCCCCc1ccc([C@H]2CC[C@H](C(=O)Oc3ccc(C#N)c(F)c3F)CC2)cc1. The van der Waals surface area contributed by atoms with Crippen molar-refractivity contribution in [2.24, 2.45) is 5.92 Å². The maximum absolute atomic E-state index is 14.0. The van der Waals surface area contributed by atoms with Gasteiger partial charge >= 0.3 is 5.97 Å². The molecule has 1 fully saturated rings. The maximum Gasteiger partial charge on any atom is 0.314 e. The lowest BCUT2D eigenvalue weighted by Gasteiger charge is -2.27. The van der Waals surface area contributed by atoms with Crippen molar-refractivity contribution in [2.45, 2.75) is 64.2 Å². The van der Waals surface area contributed by atoms with E-state index < -0.39 is 28.9 Å². The third-order valence-electron chi connectivity index (χ3n) is 5.96. The highest BCUT2D eigenvalue weighted by Crippen LogP contribution is 2.37. The van der Waals surface area contributed by atoms with Gasteiger partial charge in [-0.3, -0.25) is 4.79 Å². The highest BCUT2D eigenvalue weighted by molar-refractivity contribution is 5.75. The number of nitrogens with zero attached hydrogens (tertiary/aromatic N) is 1. The van der Waals surface area contributed by atoms with Crippen molar-refractivity contribution < 1.29 is 18.3 Å². The monoisotopic (exact) mass is 411 g/mol. The van der Waals surface area contributed by atoms with Gasteiger partial charge in [0.15, 0.2) is 11.6 Å². The molecule has 158 valence electrons. The Morgan fingerprint density at radius 3 is 2.37 bits per heavy atom. The number of benzene rings is 2. The average molecular weight is 411 g/mol. The van der Waals surface area contributed by atoms with Crippen LogP contribution in [0.5, 0.6) is 5.75 Å². The second kappa shape index (κ2) is 10.3. The summed E-state index contributed by atoms with van der Waals surface area (Å²) >= 11 is 0. The van der Waals surface area contributed by atoms with Crippen molar-refractivity contribution in [3.8, 4) is 11.8 Å². The van der Waals surface area contributed by atoms with Crippen LogP contribution in [0.3, 0.4) is 0 Å². The lowest BCUT2D eigenvalue weighted by atomic mass is 9.78. The molecule has 0 bridgehead atoms. The predicted octanol–water partition coefficient (Wildman–Crippen LogP) is 6.45.